The second-order valence-corrected chi connectivity index (χ2v) is 9.20. The number of fused-ring (bicyclic) bond motifs is 6. The molecule has 30 heavy (non-hydrogen) atoms. The number of hydrogen-bond acceptors (Lipinski definition) is 2. The largest absolute Gasteiger partial charge is 0.399 e. The second-order valence-electron chi connectivity index (χ2n) is 9.20. The fourth-order valence-electron chi connectivity index (χ4n) is 5.92. The summed E-state index contributed by atoms with van der Waals surface area (Å²) in [6.45, 7) is 4.78. The predicted octanol–water partition coefficient (Wildman–Crippen LogP) is 6.45. The number of nitrogen functional groups attached to an aromatic ring is 2. The van der Waals surface area contributed by atoms with Crippen LogP contribution in [-0.2, 0) is 12.8 Å². The van der Waals surface area contributed by atoms with Gasteiger partial charge in [0.05, 0.1) is 0 Å². The molecule has 0 radical (unpaired) electrons. The topological polar surface area (TPSA) is 52.0 Å². The van der Waals surface area contributed by atoms with Gasteiger partial charge in [0.1, 0.15) is 0 Å². The highest BCUT2D eigenvalue weighted by Crippen LogP contribution is 2.52. The van der Waals surface area contributed by atoms with Crippen molar-refractivity contribution in [2.45, 2.75) is 26.7 Å². The first-order valence-electron chi connectivity index (χ1n) is 10.9. The molecule has 148 valence electrons. The van der Waals surface area contributed by atoms with Crippen molar-refractivity contribution in [1.29, 1.82) is 0 Å². The van der Waals surface area contributed by atoms with E-state index in [0.717, 1.165) is 24.2 Å². The average molecular weight is 391 g/mol. The summed E-state index contributed by atoms with van der Waals surface area (Å²) < 4.78 is 0. The molecule has 0 amide bonds. The van der Waals surface area contributed by atoms with Crippen molar-refractivity contribution >= 4 is 44.1 Å². The molecule has 2 nitrogen and oxygen atoms in total. The van der Waals surface area contributed by atoms with Crippen LogP contribution in [0.2, 0.25) is 0 Å². The number of hydrogen-bond donors (Lipinski definition) is 2. The number of benzene rings is 4. The summed E-state index contributed by atoms with van der Waals surface area (Å²) in [6, 6.07) is 21.8. The van der Waals surface area contributed by atoms with Crippen molar-refractivity contribution in [3.05, 3.63) is 82.9 Å². The van der Waals surface area contributed by atoms with Gasteiger partial charge in [0.2, 0.25) is 0 Å². The van der Waals surface area contributed by atoms with Crippen LogP contribution in [0.25, 0.3) is 32.7 Å². The Hall–Kier alpha value is -3.26. The van der Waals surface area contributed by atoms with Gasteiger partial charge < -0.3 is 11.5 Å². The molecule has 0 aliphatic heterocycles. The Morgan fingerprint density at radius 3 is 1.47 bits per heavy atom. The Morgan fingerprint density at radius 2 is 1.03 bits per heavy atom. The van der Waals surface area contributed by atoms with Crippen LogP contribution in [0, 0.1) is 11.8 Å². The standard InChI is InChI=1S/C28H26N2/c1-15-11-19-5-3-17-13-21(29)7-9-23(17)27(19)25(15)26-16(2)12-20-6-4-18-14-22(30)8-10-24(18)28(20)26/h3-10,13-16H,11-12,29-30H2,1-2H3/b26-25+/t15-,16-/m0/s1. The van der Waals surface area contributed by atoms with E-state index in [-0.39, 0.29) is 0 Å². The molecule has 0 aromatic heterocycles. The average Bonchev–Trinajstić information content (AvgIpc) is 3.22. The summed E-state index contributed by atoms with van der Waals surface area (Å²) in [5.74, 6) is 1.02. The lowest BCUT2D eigenvalue weighted by Gasteiger charge is -2.19. The van der Waals surface area contributed by atoms with Crippen LogP contribution in [0.4, 0.5) is 11.4 Å². The smallest absolute Gasteiger partial charge is 0.0320 e. The quantitative estimate of drug-likeness (QED) is 0.339. The summed E-state index contributed by atoms with van der Waals surface area (Å²) >= 11 is 0. The van der Waals surface area contributed by atoms with Crippen molar-refractivity contribution in [3.8, 4) is 0 Å². The number of allylic oxidation sites excluding steroid dienone is 2. The van der Waals surface area contributed by atoms with E-state index in [1.807, 2.05) is 12.1 Å². The van der Waals surface area contributed by atoms with Crippen molar-refractivity contribution in [2.24, 2.45) is 11.8 Å². The van der Waals surface area contributed by atoms with Gasteiger partial charge in [0.25, 0.3) is 0 Å². The highest BCUT2D eigenvalue weighted by Gasteiger charge is 2.34. The third-order valence-corrected chi connectivity index (χ3v) is 7.13. The lowest BCUT2D eigenvalue weighted by molar-refractivity contribution is 0.754. The maximum absolute atomic E-state index is 6.09. The molecule has 0 fully saturated rings. The molecule has 2 heteroatoms. The molecule has 2 atom stereocenters. The lowest BCUT2D eigenvalue weighted by Crippen LogP contribution is -2.01. The highest BCUT2D eigenvalue weighted by molar-refractivity contribution is 6.10. The maximum atomic E-state index is 6.09. The number of anilines is 2. The Labute approximate surface area is 177 Å². The number of rotatable bonds is 0. The zero-order valence-corrected chi connectivity index (χ0v) is 17.5. The highest BCUT2D eigenvalue weighted by atomic mass is 14.5. The molecular formula is C28H26N2. The van der Waals surface area contributed by atoms with Gasteiger partial charge in [-0.1, -0.05) is 50.2 Å². The van der Waals surface area contributed by atoms with Gasteiger partial charge in [0.15, 0.2) is 0 Å². The van der Waals surface area contributed by atoms with Crippen LogP contribution in [0.1, 0.15) is 36.1 Å². The molecule has 2 aliphatic rings. The summed E-state index contributed by atoms with van der Waals surface area (Å²) in [7, 11) is 0. The van der Waals surface area contributed by atoms with Gasteiger partial charge in [-0.3, -0.25) is 0 Å². The molecule has 0 spiro atoms. The maximum Gasteiger partial charge on any atom is 0.0320 e. The zero-order chi connectivity index (χ0) is 20.6. The molecule has 2 aliphatic carbocycles. The molecular weight excluding hydrogens is 364 g/mol. The van der Waals surface area contributed by atoms with Crippen LogP contribution >= 0.6 is 0 Å². The van der Waals surface area contributed by atoms with E-state index in [9.17, 15) is 0 Å². The Bertz CT molecular complexity index is 1290. The van der Waals surface area contributed by atoms with E-state index < -0.39 is 0 Å². The van der Waals surface area contributed by atoms with E-state index in [1.54, 1.807) is 0 Å². The van der Waals surface area contributed by atoms with Gasteiger partial charge in [-0.2, -0.15) is 0 Å². The van der Waals surface area contributed by atoms with Crippen LogP contribution in [0.15, 0.2) is 60.7 Å². The summed E-state index contributed by atoms with van der Waals surface area (Å²) in [6.07, 6.45) is 2.21. The predicted molar refractivity (Wildman–Crippen MR) is 129 cm³/mol. The molecule has 4 aromatic rings. The Kier molecular flexibility index (Phi) is 3.59. The molecule has 0 saturated heterocycles. The monoisotopic (exact) mass is 390 g/mol. The van der Waals surface area contributed by atoms with E-state index in [1.165, 1.54) is 54.9 Å². The van der Waals surface area contributed by atoms with Crippen molar-refractivity contribution in [3.63, 3.8) is 0 Å². The Balaban J connectivity index is 1.72. The Morgan fingerprint density at radius 1 is 0.600 bits per heavy atom. The van der Waals surface area contributed by atoms with Crippen LogP contribution < -0.4 is 11.5 Å². The fourth-order valence-corrected chi connectivity index (χ4v) is 5.92. The van der Waals surface area contributed by atoms with E-state index in [4.69, 9.17) is 11.5 Å². The van der Waals surface area contributed by atoms with Crippen molar-refractivity contribution < 1.29 is 0 Å². The first kappa shape index (κ1) is 17.6. The minimum atomic E-state index is 0.510. The van der Waals surface area contributed by atoms with Gasteiger partial charge >= 0.3 is 0 Å². The molecule has 4 N–H and O–H groups in total. The van der Waals surface area contributed by atoms with Crippen LogP contribution in [-0.4, -0.2) is 0 Å². The van der Waals surface area contributed by atoms with Gasteiger partial charge in [-0.15, -0.1) is 0 Å². The van der Waals surface area contributed by atoms with Gasteiger partial charge in [-0.05, 0) is 104 Å². The summed E-state index contributed by atoms with van der Waals surface area (Å²) in [5.41, 5.74) is 22.7. The van der Waals surface area contributed by atoms with Gasteiger partial charge in [-0.25, -0.2) is 0 Å². The molecule has 0 bridgehead atoms. The van der Waals surface area contributed by atoms with E-state index >= 15 is 0 Å². The van der Waals surface area contributed by atoms with Crippen LogP contribution in [0.5, 0.6) is 0 Å². The minimum Gasteiger partial charge on any atom is -0.399 e. The second kappa shape index (κ2) is 6.12. The lowest BCUT2D eigenvalue weighted by atomic mass is 9.85. The fraction of sp³-hybridized carbons (Fsp3) is 0.214. The van der Waals surface area contributed by atoms with E-state index in [0.29, 0.717) is 11.8 Å². The number of nitrogens with two attached hydrogens (primary N) is 2. The molecule has 0 heterocycles. The van der Waals surface area contributed by atoms with Crippen LogP contribution in [0.3, 0.4) is 0 Å². The zero-order valence-electron chi connectivity index (χ0n) is 17.5. The SMILES string of the molecule is C[C@H]1Cc2ccc3cc(N)ccc3c2/C1=C1/c2c(ccc3cc(N)ccc23)C[C@@H]1C. The molecule has 6 rings (SSSR count). The normalized spacial score (nSPS) is 22.6. The first-order valence-corrected chi connectivity index (χ1v) is 10.9. The van der Waals surface area contributed by atoms with Crippen molar-refractivity contribution in [2.75, 3.05) is 11.5 Å². The third kappa shape index (κ3) is 2.37. The molecule has 4 aromatic carbocycles. The molecule has 0 saturated carbocycles. The minimum absolute atomic E-state index is 0.510. The van der Waals surface area contributed by atoms with Gasteiger partial charge in [0, 0.05) is 11.4 Å². The van der Waals surface area contributed by atoms with E-state index in [2.05, 4.69) is 62.4 Å². The summed E-state index contributed by atoms with van der Waals surface area (Å²) in [5, 5.41) is 5.13. The summed E-state index contributed by atoms with van der Waals surface area (Å²) in [4.78, 5) is 0. The molecule has 0 unspecified atom stereocenters. The third-order valence-electron chi connectivity index (χ3n) is 7.13. The van der Waals surface area contributed by atoms with Crippen molar-refractivity contribution in [1.82, 2.24) is 0 Å². The first-order chi connectivity index (χ1) is 14.5.